The summed E-state index contributed by atoms with van der Waals surface area (Å²) < 4.78 is 5.26. The zero-order valence-electron chi connectivity index (χ0n) is 9.18. The second kappa shape index (κ2) is 3.62. The number of ketones is 1. The van der Waals surface area contributed by atoms with Gasteiger partial charge in [0.05, 0.1) is 25.0 Å². The number of pyridine rings is 1. The molecule has 2 rings (SSSR count). The molecule has 0 atom stereocenters. The second-order valence-electron chi connectivity index (χ2n) is 3.70. The van der Waals surface area contributed by atoms with Crippen LogP contribution in [0.3, 0.4) is 0 Å². The Morgan fingerprint density at radius 1 is 1.33 bits per heavy atom. The van der Waals surface area contributed by atoms with E-state index in [4.69, 9.17) is 4.74 Å². The molecule has 1 aliphatic rings. The predicted octanol–water partition coefficient (Wildman–Crippen LogP) is 0.993. The highest BCUT2D eigenvalue weighted by molar-refractivity contribution is 6.01. The number of fused-ring (bicyclic) bond motifs is 1. The molecule has 0 bridgehead atoms. The quantitative estimate of drug-likeness (QED) is 0.744. The first kappa shape index (κ1) is 10.1. The molecule has 1 N–H and O–H groups in total. The largest absolute Gasteiger partial charge is 0.495 e. The van der Waals surface area contributed by atoms with Gasteiger partial charge in [-0.05, 0) is 13.8 Å². The fourth-order valence-corrected chi connectivity index (χ4v) is 2.09. The van der Waals surface area contributed by atoms with Crippen LogP contribution < -0.4 is 10.1 Å². The van der Waals surface area contributed by atoms with Crippen LogP contribution in [-0.4, -0.2) is 24.4 Å². The van der Waals surface area contributed by atoms with Crippen molar-refractivity contribution in [2.45, 2.75) is 20.4 Å². The number of hydrogen-bond acceptors (Lipinski definition) is 4. The van der Waals surface area contributed by atoms with E-state index < -0.39 is 0 Å². The van der Waals surface area contributed by atoms with E-state index in [-0.39, 0.29) is 5.78 Å². The van der Waals surface area contributed by atoms with E-state index in [2.05, 4.69) is 10.3 Å². The SMILES string of the molecule is COc1c(C)nc2c(c1C)C(=O)CNC2. The number of Topliss-reactive ketones (excluding diaryl/α,β-unsaturated/α-hetero) is 1. The molecule has 4 nitrogen and oxygen atoms in total. The zero-order valence-corrected chi connectivity index (χ0v) is 9.18. The summed E-state index contributed by atoms with van der Waals surface area (Å²) in [5.74, 6) is 0.823. The lowest BCUT2D eigenvalue weighted by atomic mass is 9.98. The molecule has 1 aromatic heterocycles. The lowest BCUT2D eigenvalue weighted by Crippen LogP contribution is -2.31. The highest BCUT2D eigenvalue weighted by Crippen LogP contribution is 2.28. The summed E-state index contributed by atoms with van der Waals surface area (Å²) in [6.45, 7) is 4.86. The number of ether oxygens (including phenoxy) is 1. The Labute approximate surface area is 88.7 Å². The maximum absolute atomic E-state index is 11.7. The van der Waals surface area contributed by atoms with E-state index in [0.29, 0.717) is 13.1 Å². The normalized spacial score (nSPS) is 15.0. The Hall–Kier alpha value is -1.42. The number of nitrogens with zero attached hydrogens (tertiary/aromatic N) is 1. The van der Waals surface area contributed by atoms with Crippen LogP contribution in [0.2, 0.25) is 0 Å². The Morgan fingerprint density at radius 3 is 2.73 bits per heavy atom. The second-order valence-corrected chi connectivity index (χ2v) is 3.70. The average molecular weight is 206 g/mol. The van der Waals surface area contributed by atoms with Crippen LogP contribution in [0.15, 0.2) is 0 Å². The van der Waals surface area contributed by atoms with Gasteiger partial charge in [-0.1, -0.05) is 0 Å². The molecule has 0 amide bonds. The van der Waals surface area contributed by atoms with E-state index >= 15 is 0 Å². The van der Waals surface area contributed by atoms with Crippen molar-refractivity contribution < 1.29 is 9.53 Å². The van der Waals surface area contributed by atoms with E-state index in [0.717, 1.165) is 28.3 Å². The minimum absolute atomic E-state index is 0.0968. The van der Waals surface area contributed by atoms with Crippen molar-refractivity contribution >= 4 is 5.78 Å². The van der Waals surface area contributed by atoms with E-state index in [1.165, 1.54) is 0 Å². The summed E-state index contributed by atoms with van der Waals surface area (Å²) in [5, 5.41) is 3.03. The number of carbonyl (C=O) groups is 1. The van der Waals surface area contributed by atoms with Crippen molar-refractivity contribution in [3.63, 3.8) is 0 Å². The Kier molecular flexibility index (Phi) is 2.44. The standard InChI is InChI=1S/C11H14N2O2/c1-6-10-8(4-12-5-9(10)14)13-7(2)11(6)15-3/h12H,4-5H2,1-3H3. The predicted molar refractivity (Wildman–Crippen MR) is 56.3 cm³/mol. The number of rotatable bonds is 1. The summed E-state index contributed by atoms with van der Waals surface area (Å²) in [7, 11) is 1.61. The molecule has 15 heavy (non-hydrogen) atoms. The molecule has 2 heterocycles. The monoisotopic (exact) mass is 206 g/mol. The van der Waals surface area contributed by atoms with Gasteiger partial charge in [-0.15, -0.1) is 0 Å². The summed E-state index contributed by atoms with van der Waals surface area (Å²) in [5.41, 5.74) is 3.31. The average Bonchev–Trinajstić information content (AvgIpc) is 2.17. The summed E-state index contributed by atoms with van der Waals surface area (Å²) in [6.07, 6.45) is 0. The Bertz CT molecular complexity index is 427. The molecule has 0 aromatic carbocycles. The van der Waals surface area contributed by atoms with Crippen LogP contribution in [0.5, 0.6) is 5.75 Å². The minimum Gasteiger partial charge on any atom is -0.495 e. The van der Waals surface area contributed by atoms with Crippen LogP contribution in [0, 0.1) is 13.8 Å². The van der Waals surface area contributed by atoms with Crippen molar-refractivity contribution in [1.29, 1.82) is 0 Å². The molecule has 0 unspecified atom stereocenters. The molecule has 0 spiro atoms. The number of aromatic nitrogens is 1. The van der Waals surface area contributed by atoms with Gasteiger partial charge in [0.25, 0.3) is 0 Å². The number of methoxy groups -OCH3 is 1. The first-order valence-electron chi connectivity index (χ1n) is 4.93. The van der Waals surface area contributed by atoms with Crippen LogP contribution in [0.25, 0.3) is 0 Å². The van der Waals surface area contributed by atoms with Crippen molar-refractivity contribution in [3.8, 4) is 5.75 Å². The molecule has 1 aromatic rings. The summed E-state index contributed by atoms with van der Waals surface area (Å²) >= 11 is 0. The Morgan fingerprint density at radius 2 is 2.07 bits per heavy atom. The molecular weight excluding hydrogens is 192 g/mol. The van der Waals surface area contributed by atoms with Crippen molar-refractivity contribution in [1.82, 2.24) is 10.3 Å². The first-order valence-corrected chi connectivity index (χ1v) is 4.93. The van der Waals surface area contributed by atoms with Crippen LogP contribution in [-0.2, 0) is 6.54 Å². The van der Waals surface area contributed by atoms with Crippen LogP contribution in [0.1, 0.15) is 27.3 Å². The fourth-order valence-electron chi connectivity index (χ4n) is 2.09. The first-order chi connectivity index (χ1) is 7.15. The maximum atomic E-state index is 11.7. The number of aryl methyl sites for hydroxylation is 1. The van der Waals surface area contributed by atoms with Crippen molar-refractivity contribution in [3.05, 3.63) is 22.5 Å². The molecule has 4 heteroatoms. The van der Waals surface area contributed by atoms with Gasteiger partial charge in [-0.3, -0.25) is 9.78 Å². The third kappa shape index (κ3) is 1.51. The van der Waals surface area contributed by atoms with Gasteiger partial charge in [-0.25, -0.2) is 0 Å². The Balaban J connectivity index is 2.67. The van der Waals surface area contributed by atoms with Gasteiger partial charge in [0.1, 0.15) is 5.75 Å². The van der Waals surface area contributed by atoms with Gasteiger partial charge < -0.3 is 10.1 Å². The zero-order chi connectivity index (χ0) is 11.0. The molecule has 0 saturated heterocycles. The molecule has 0 fully saturated rings. The highest BCUT2D eigenvalue weighted by Gasteiger charge is 2.23. The minimum atomic E-state index is 0.0968. The van der Waals surface area contributed by atoms with Gasteiger partial charge in [-0.2, -0.15) is 0 Å². The van der Waals surface area contributed by atoms with Crippen LogP contribution in [0.4, 0.5) is 0 Å². The molecule has 1 aliphatic heterocycles. The van der Waals surface area contributed by atoms with Crippen LogP contribution >= 0.6 is 0 Å². The molecule has 0 radical (unpaired) electrons. The van der Waals surface area contributed by atoms with Gasteiger partial charge in [0.2, 0.25) is 0 Å². The number of hydrogen-bond donors (Lipinski definition) is 1. The number of carbonyl (C=O) groups excluding carboxylic acids is 1. The smallest absolute Gasteiger partial charge is 0.178 e. The highest BCUT2D eigenvalue weighted by atomic mass is 16.5. The third-order valence-electron chi connectivity index (χ3n) is 2.70. The van der Waals surface area contributed by atoms with Gasteiger partial charge in [0, 0.05) is 17.7 Å². The fraction of sp³-hybridized carbons (Fsp3) is 0.455. The van der Waals surface area contributed by atoms with Gasteiger partial charge in [0.15, 0.2) is 5.78 Å². The van der Waals surface area contributed by atoms with Crippen molar-refractivity contribution in [2.75, 3.05) is 13.7 Å². The molecular formula is C11H14N2O2. The third-order valence-corrected chi connectivity index (χ3v) is 2.70. The van der Waals surface area contributed by atoms with Crippen molar-refractivity contribution in [2.24, 2.45) is 0 Å². The molecule has 80 valence electrons. The number of nitrogens with one attached hydrogen (secondary N) is 1. The van der Waals surface area contributed by atoms with Gasteiger partial charge >= 0.3 is 0 Å². The molecule has 0 saturated carbocycles. The summed E-state index contributed by atoms with van der Waals surface area (Å²) in [6, 6.07) is 0. The summed E-state index contributed by atoms with van der Waals surface area (Å²) in [4.78, 5) is 16.1. The maximum Gasteiger partial charge on any atom is 0.178 e. The lowest BCUT2D eigenvalue weighted by Gasteiger charge is -2.20. The lowest BCUT2D eigenvalue weighted by molar-refractivity contribution is 0.0980. The van der Waals surface area contributed by atoms with E-state index in [1.807, 2.05) is 13.8 Å². The van der Waals surface area contributed by atoms with E-state index in [9.17, 15) is 4.79 Å². The van der Waals surface area contributed by atoms with E-state index in [1.54, 1.807) is 7.11 Å². The topological polar surface area (TPSA) is 51.2 Å². The molecule has 0 aliphatic carbocycles.